The van der Waals surface area contributed by atoms with Gasteiger partial charge < -0.3 is 14.8 Å². The van der Waals surface area contributed by atoms with Crippen LogP contribution in [0, 0.1) is 6.92 Å². The topological polar surface area (TPSA) is 58.1 Å². The predicted molar refractivity (Wildman–Crippen MR) is 65.0 cm³/mol. The fourth-order valence-corrected chi connectivity index (χ4v) is 2.48. The lowest BCUT2D eigenvalue weighted by Crippen LogP contribution is -2.47. The van der Waals surface area contributed by atoms with Crippen molar-refractivity contribution in [2.45, 2.75) is 18.8 Å². The fourth-order valence-electron chi connectivity index (χ4n) is 2.48. The molecule has 90 valence electrons. The third-order valence-electron chi connectivity index (χ3n) is 3.56. The van der Waals surface area contributed by atoms with Crippen LogP contribution in [0.15, 0.2) is 18.2 Å². The summed E-state index contributed by atoms with van der Waals surface area (Å²) in [5.74, 6) is 0.929. The highest BCUT2D eigenvalue weighted by Gasteiger charge is 2.39. The van der Waals surface area contributed by atoms with Crippen LogP contribution < -0.4 is 0 Å². The van der Waals surface area contributed by atoms with Crippen molar-refractivity contribution in [3.8, 4) is 0 Å². The van der Waals surface area contributed by atoms with Gasteiger partial charge >= 0.3 is 0 Å². The van der Waals surface area contributed by atoms with Gasteiger partial charge in [-0.05, 0) is 31.0 Å². The van der Waals surface area contributed by atoms with Crippen LogP contribution in [0.4, 0.5) is 0 Å². The number of hydrogen-bond donors (Lipinski definition) is 2. The monoisotopic (exact) mass is 232 g/mol. The molecular weight excluding hydrogens is 216 g/mol. The smallest absolute Gasteiger partial charge is 0.104 e. The molecule has 1 saturated heterocycles. The van der Waals surface area contributed by atoms with Crippen LogP contribution >= 0.6 is 0 Å². The summed E-state index contributed by atoms with van der Waals surface area (Å²) in [4.78, 5) is 7.64. The van der Waals surface area contributed by atoms with Crippen LogP contribution in [0.25, 0.3) is 11.0 Å². The molecule has 0 bridgehead atoms. The van der Waals surface area contributed by atoms with Gasteiger partial charge in [0.05, 0.1) is 24.2 Å². The number of ether oxygens (including phenoxy) is 1. The first-order chi connectivity index (χ1) is 8.23. The number of rotatable bonds is 3. The number of nitrogens with one attached hydrogen (secondary N) is 1. The Labute approximate surface area is 99.6 Å². The Balaban J connectivity index is 2.04. The summed E-state index contributed by atoms with van der Waals surface area (Å²) in [6.45, 7) is 3.55. The summed E-state index contributed by atoms with van der Waals surface area (Å²) < 4.78 is 5.33. The number of aromatic amines is 1. The predicted octanol–water partition coefficient (Wildman–Crippen LogP) is 1.52. The van der Waals surface area contributed by atoms with Crippen LogP contribution in [-0.4, -0.2) is 34.9 Å². The van der Waals surface area contributed by atoms with Gasteiger partial charge in [-0.2, -0.15) is 0 Å². The minimum atomic E-state index is 0.00194. The van der Waals surface area contributed by atoms with Gasteiger partial charge in [0.15, 0.2) is 0 Å². The first-order valence-electron chi connectivity index (χ1n) is 5.89. The van der Waals surface area contributed by atoms with Crippen LogP contribution in [0.5, 0.6) is 0 Å². The van der Waals surface area contributed by atoms with E-state index in [1.165, 1.54) is 5.56 Å². The van der Waals surface area contributed by atoms with Crippen molar-refractivity contribution in [1.29, 1.82) is 0 Å². The summed E-state index contributed by atoms with van der Waals surface area (Å²) >= 11 is 0. The molecule has 3 rings (SSSR count). The Hall–Kier alpha value is -1.39. The van der Waals surface area contributed by atoms with Gasteiger partial charge in [-0.1, -0.05) is 6.07 Å². The molecule has 4 nitrogen and oxygen atoms in total. The second kappa shape index (κ2) is 3.82. The molecule has 2 N–H and O–H groups in total. The van der Waals surface area contributed by atoms with Crippen LogP contribution in [0.1, 0.15) is 17.8 Å². The number of nitrogens with zero attached hydrogens (tertiary/aromatic N) is 1. The number of aromatic nitrogens is 2. The zero-order chi connectivity index (χ0) is 11.9. The number of fused-ring (bicyclic) bond motifs is 1. The minimum Gasteiger partial charge on any atom is -0.396 e. The van der Waals surface area contributed by atoms with Crippen molar-refractivity contribution in [2.75, 3.05) is 19.8 Å². The van der Waals surface area contributed by atoms with E-state index in [2.05, 4.69) is 22.1 Å². The maximum Gasteiger partial charge on any atom is 0.104 e. The summed E-state index contributed by atoms with van der Waals surface area (Å²) in [6.07, 6.45) is 0.756. The molecule has 0 aliphatic carbocycles. The SMILES string of the molecule is Cc1nc2ccc(C3(CCO)COC3)cc2[nH]1. The summed E-state index contributed by atoms with van der Waals surface area (Å²) in [7, 11) is 0. The van der Waals surface area contributed by atoms with Crippen LogP contribution in [-0.2, 0) is 10.2 Å². The lowest BCUT2D eigenvalue weighted by molar-refractivity contribution is -0.0700. The standard InChI is InChI=1S/C13H16N2O2/c1-9-14-11-3-2-10(6-12(11)15-9)13(4-5-16)7-17-8-13/h2-3,6,16H,4-5,7-8H2,1H3,(H,14,15). The Morgan fingerprint density at radius 3 is 2.94 bits per heavy atom. The molecule has 17 heavy (non-hydrogen) atoms. The third-order valence-corrected chi connectivity index (χ3v) is 3.56. The van der Waals surface area contributed by atoms with E-state index < -0.39 is 0 Å². The van der Waals surface area contributed by atoms with E-state index >= 15 is 0 Å². The van der Waals surface area contributed by atoms with E-state index in [1.807, 2.05) is 13.0 Å². The number of H-pyrrole nitrogens is 1. The van der Waals surface area contributed by atoms with Crippen molar-refractivity contribution >= 4 is 11.0 Å². The Bertz CT molecular complexity index is 543. The zero-order valence-electron chi connectivity index (χ0n) is 9.86. The largest absolute Gasteiger partial charge is 0.396 e. The van der Waals surface area contributed by atoms with Crippen molar-refractivity contribution in [3.63, 3.8) is 0 Å². The van der Waals surface area contributed by atoms with Gasteiger partial charge in [-0.3, -0.25) is 0 Å². The van der Waals surface area contributed by atoms with E-state index in [-0.39, 0.29) is 12.0 Å². The molecule has 1 aliphatic heterocycles. The molecule has 1 aliphatic rings. The lowest BCUT2D eigenvalue weighted by Gasteiger charge is -2.41. The number of hydrogen-bond acceptors (Lipinski definition) is 3. The summed E-state index contributed by atoms with van der Waals surface area (Å²) in [5.41, 5.74) is 3.28. The Morgan fingerprint density at radius 1 is 1.47 bits per heavy atom. The molecule has 0 radical (unpaired) electrons. The molecule has 2 heterocycles. The number of aliphatic hydroxyl groups is 1. The zero-order valence-corrected chi connectivity index (χ0v) is 9.86. The second-order valence-corrected chi connectivity index (χ2v) is 4.80. The first kappa shape index (κ1) is 10.7. The summed E-state index contributed by atoms with van der Waals surface area (Å²) in [6, 6.07) is 6.26. The van der Waals surface area contributed by atoms with Gasteiger partial charge in [0.2, 0.25) is 0 Å². The maximum atomic E-state index is 9.17. The van der Waals surface area contributed by atoms with Crippen molar-refractivity contribution in [2.24, 2.45) is 0 Å². The highest BCUT2D eigenvalue weighted by atomic mass is 16.5. The van der Waals surface area contributed by atoms with Crippen molar-refractivity contribution in [3.05, 3.63) is 29.6 Å². The molecule has 0 unspecified atom stereocenters. The second-order valence-electron chi connectivity index (χ2n) is 4.80. The molecule has 0 spiro atoms. The maximum absolute atomic E-state index is 9.17. The number of benzene rings is 1. The van der Waals surface area contributed by atoms with Gasteiger partial charge in [0, 0.05) is 12.0 Å². The van der Waals surface area contributed by atoms with Crippen LogP contribution in [0.3, 0.4) is 0 Å². The molecular formula is C13H16N2O2. The highest BCUT2D eigenvalue weighted by Crippen LogP contribution is 2.36. The fraction of sp³-hybridized carbons (Fsp3) is 0.462. The molecule has 1 fully saturated rings. The van der Waals surface area contributed by atoms with Gasteiger partial charge in [0.1, 0.15) is 5.82 Å². The molecule has 1 aromatic heterocycles. The Morgan fingerprint density at radius 2 is 2.29 bits per heavy atom. The molecule has 0 amide bonds. The highest BCUT2D eigenvalue weighted by molar-refractivity contribution is 5.76. The number of aryl methyl sites for hydroxylation is 1. The van der Waals surface area contributed by atoms with E-state index in [4.69, 9.17) is 9.84 Å². The van der Waals surface area contributed by atoms with E-state index in [0.717, 1.165) is 23.3 Å². The van der Waals surface area contributed by atoms with E-state index in [9.17, 15) is 0 Å². The van der Waals surface area contributed by atoms with Gasteiger partial charge in [-0.15, -0.1) is 0 Å². The van der Waals surface area contributed by atoms with Gasteiger partial charge in [0.25, 0.3) is 0 Å². The normalized spacial score (nSPS) is 18.2. The average Bonchev–Trinajstić information content (AvgIpc) is 2.62. The summed E-state index contributed by atoms with van der Waals surface area (Å²) in [5, 5.41) is 9.17. The number of imidazole rings is 1. The van der Waals surface area contributed by atoms with E-state index in [0.29, 0.717) is 13.2 Å². The molecule has 1 aromatic carbocycles. The van der Waals surface area contributed by atoms with Crippen molar-refractivity contribution in [1.82, 2.24) is 9.97 Å². The van der Waals surface area contributed by atoms with Crippen LogP contribution in [0.2, 0.25) is 0 Å². The van der Waals surface area contributed by atoms with E-state index in [1.54, 1.807) is 0 Å². The average molecular weight is 232 g/mol. The molecule has 4 heteroatoms. The lowest BCUT2D eigenvalue weighted by atomic mass is 9.76. The minimum absolute atomic E-state index is 0.00194. The van der Waals surface area contributed by atoms with Crippen molar-refractivity contribution < 1.29 is 9.84 Å². The first-order valence-corrected chi connectivity index (χ1v) is 5.89. The van der Waals surface area contributed by atoms with Gasteiger partial charge in [-0.25, -0.2) is 4.98 Å². The molecule has 0 saturated carbocycles. The molecule has 0 atom stereocenters. The Kier molecular flexibility index (Phi) is 2.42. The third kappa shape index (κ3) is 1.64. The quantitative estimate of drug-likeness (QED) is 0.843. The number of aliphatic hydroxyl groups excluding tert-OH is 1. The molecule has 2 aromatic rings.